The van der Waals surface area contributed by atoms with Gasteiger partial charge >= 0.3 is 5.97 Å². The van der Waals surface area contributed by atoms with Gasteiger partial charge in [-0.2, -0.15) is 0 Å². The quantitative estimate of drug-likeness (QED) is 0.407. The van der Waals surface area contributed by atoms with E-state index in [2.05, 4.69) is 38.7 Å². The van der Waals surface area contributed by atoms with E-state index in [0.29, 0.717) is 32.8 Å². The fourth-order valence-electron chi connectivity index (χ4n) is 6.30. The Kier molecular flexibility index (Phi) is 9.71. The molecule has 8 nitrogen and oxygen atoms in total. The van der Waals surface area contributed by atoms with Crippen LogP contribution >= 0.6 is 0 Å². The molecule has 0 radical (unpaired) electrons. The second-order valence-corrected chi connectivity index (χ2v) is 11.8. The first-order valence-electron chi connectivity index (χ1n) is 14.5. The lowest BCUT2D eigenvalue weighted by molar-refractivity contribution is -0.148. The van der Waals surface area contributed by atoms with Gasteiger partial charge in [0.15, 0.2) is 6.29 Å². The van der Waals surface area contributed by atoms with Crippen molar-refractivity contribution >= 4 is 11.9 Å². The van der Waals surface area contributed by atoms with Crippen LogP contribution in [0, 0.1) is 11.3 Å². The monoisotopic (exact) mass is 530 g/mol. The fraction of sp³-hybridized carbons (Fsp3) is 0.733. The number of carboxylic acids is 1. The Bertz CT molecular complexity index is 952. The number of unbranched alkanes of at least 4 members (excludes halogenated alkanes) is 2. The topological polar surface area (TPSA) is 88.5 Å². The molecule has 1 aromatic rings. The minimum atomic E-state index is -0.815. The molecular weight excluding hydrogens is 484 g/mol. The summed E-state index contributed by atoms with van der Waals surface area (Å²) in [5.74, 6) is -0.679. The first-order valence-corrected chi connectivity index (χ1v) is 14.5. The Morgan fingerprint density at radius 1 is 1.08 bits per heavy atom. The molecular formula is C30H46N2O6. The standard InChI is InChI=1S/C30H46N2O6/c1-5-7-12-31(13-8-6-2)26(33)20-32-19-23(21-9-10-25-22(17-21)11-14-36-25)27(28(34)35)24(32)18-30(3,4)29-37-15-16-38-29/h9-10,17,23-24,27,29H,5-8,11-16,18-20H2,1-4H3,(H,34,35)/t23-,24+,27-/m1/s1. The second kappa shape index (κ2) is 12.8. The smallest absolute Gasteiger partial charge is 0.308 e. The van der Waals surface area contributed by atoms with Crippen molar-refractivity contribution in [2.75, 3.05) is 46.0 Å². The van der Waals surface area contributed by atoms with Crippen molar-refractivity contribution in [3.8, 4) is 5.75 Å². The van der Waals surface area contributed by atoms with E-state index < -0.39 is 17.3 Å². The number of carbonyl (C=O) groups excluding carboxylic acids is 1. The average molecular weight is 531 g/mol. The summed E-state index contributed by atoms with van der Waals surface area (Å²) in [4.78, 5) is 30.6. The van der Waals surface area contributed by atoms with Crippen molar-refractivity contribution in [2.45, 2.75) is 84.5 Å². The lowest BCUT2D eigenvalue weighted by Crippen LogP contribution is -2.47. The molecule has 3 heterocycles. The maximum atomic E-state index is 13.6. The Labute approximate surface area is 227 Å². The fourth-order valence-corrected chi connectivity index (χ4v) is 6.30. The molecule has 0 aliphatic carbocycles. The van der Waals surface area contributed by atoms with Crippen molar-refractivity contribution in [3.63, 3.8) is 0 Å². The molecule has 0 unspecified atom stereocenters. The summed E-state index contributed by atoms with van der Waals surface area (Å²) >= 11 is 0. The minimum absolute atomic E-state index is 0.0928. The lowest BCUT2D eigenvalue weighted by atomic mass is 9.77. The summed E-state index contributed by atoms with van der Waals surface area (Å²) < 4.78 is 17.4. The number of ether oxygens (including phenoxy) is 3. The predicted molar refractivity (Wildman–Crippen MR) is 145 cm³/mol. The van der Waals surface area contributed by atoms with Crippen molar-refractivity contribution in [1.82, 2.24) is 9.80 Å². The highest BCUT2D eigenvalue weighted by Crippen LogP contribution is 2.45. The predicted octanol–water partition coefficient (Wildman–Crippen LogP) is 4.31. The van der Waals surface area contributed by atoms with E-state index in [1.807, 2.05) is 17.0 Å². The molecule has 2 fully saturated rings. The van der Waals surface area contributed by atoms with Crippen molar-refractivity contribution in [1.29, 1.82) is 0 Å². The molecule has 2 saturated heterocycles. The molecule has 1 amide bonds. The molecule has 3 aliphatic rings. The lowest BCUT2D eigenvalue weighted by Gasteiger charge is -2.37. The van der Waals surface area contributed by atoms with Crippen LogP contribution in [0.15, 0.2) is 18.2 Å². The third-order valence-electron chi connectivity index (χ3n) is 8.42. The van der Waals surface area contributed by atoms with E-state index in [1.165, 1.54) is 0 Å². The summed E-state index contributed by atoms with van der Waals surface area (Å²) in [6.07, 6.45) is 5.03. The number of nitrogens with zero attached hydrogens (tertiary/aromatic N) is 2. The Morgan fingerprint density at radius 3 is 2.39 bits per heavy atom. The number of likely N-dealkylation sites (tertiary alicyclic amines) is 1. The molecule has 1 N–H and O–H groups in total. The summed E-state index contributed by atoms with van der Waals surface area (Å²) in [5, 5.41) is 10.6. The van der Waals surface area contributed by atoms with Crippen LogP contribution in [0.4, 0.5) is 0 Å². The summed E-state index contributed by atoms with van der Waals surface area (Å²) in [5.41, 5.74) is 1.75. The minimum Gasteiger partial charge on any atom is -0.493 e. The van der Waals surface area contributed by atoms with Gasteiger partial charge in [0.25, 0.3) is 0 Å². The number of carboxylic acid groups (broad SMARTS) is 1. The average Bonchev–Trinajstić information content (AvgIpc) is 3.64. The third kappa shape index (κ3) is 6.52. The molecule has 3 atom stereocenters. The summed E-state index contributed by atoms with van der Waals surface area (Å²) in [6, 6.07) is 5.79. The number of amides is 1. The van der Waals surface area contributed by atoms with Gasteiger partial charge in [-0.05, 0) is 36.5 Å². The van der Waals surface area contributed by atoms with Gasteiger partial charge in [-0.15, -0.1) is 0 Å². The largest absolute Gasteiger partial charge is 0.493 e. The number of hydrogen-bond donors (Lipinski definition) is 1. The summed E-state index contributed by atoms with van der Waals surface area (Å²) in [6.45, 7) is 12.5. The van der Waals surface area contributed by atoms with E-state index in [9.17, 15) is 14.7 Å². The van der Waals surface area contributed by atoms with Gasteiger partial charge in [-0.1, -0.05) is 52.7 Å². The zero-order valence-corrected chi connectivity index (χ0v) is 23.6. The van der Waals surface area contributed by atoms with Crippen molar-refractivity contribution < 1.29 is 28.9 Å². The third-order valence-corrected chi connectivity index (χ3v) is 8.42. The number of hydrogen-bond acceptors (Lipinski definition) is 6. The highest BCUT2D eigenvalue weighted by Gasteiger charge is 2.50. The number of aliphatic carboxylic acids is 1. The molecule has 0 bridgehead atoms. The van der Waals surface area contributed by atoms with Gasteiger partial charge in [0.2, 0.25) is 5.91 Å². The molecule has 38 heavy (non-hydrogen) atoms. The van der Waals surface area contributed by atoms with Gasteiger partial charge in [-0.25, -0.2) is 0 Å². The summed E-state index contributed by atoms with van der Waals surface area (Å²) in [7, 11) is 0. The van der Waals surface area contributed by atoms with Gasteiger partial charge in [0.05, 0.1) is 32.3 Å². The van der Waals surface area contributed by atoms with E-state index in [4.69, 9.17) is 14.2 Å². The highest BCUT2D eigenvalue weighted by atomic mass is 16.7. The number of benzene rings is 1. The molecule has 1 aromatic carbocycles. The first kappa shape index (κ1) is 28.8. The van der Waals surface area contributed by atoms with Crippen LogP contribution in [0.5, 0.6) is 5.75 Å². The van der Waals surface area contributed by atoms with E-state index in [1.54, 1.807) is 0 Å². The molecule has 0 aromatic heterocycles. The van der Waals surface area contributed by atoms with Gasteiger partial charge in [0.1, 0.15) is 5.75 Å². The first-order chi connectivity index (χ1) is 18.2. The zero-order chi connectivity index (χ0) is 27.3. The van der Waals surface area contributed by atoms with Gasteiger partial charge < -0.3 is 24.2 Å². The Morgan fingerprint density at radius 2 is 1.76 bits per heavy atom. The number of rotatable bonds is 13. The molecule has 0 saturated carbocycles. The van der Waals surface area contributed by atoms with Crippen LogP contribution in [0.3, 0.4) is 0 Å². The number of carbonyl (C=O) groups is 2. The van der Waals surface area contributed by atoms with Gasteiger partial charge in [0, 0.05) is 43.4 Å². The Hall–Kier alpha value is -2.16. The molecule has 4 rings (SSSR count). The van der Waals surface area contributed by atoms with Crippen LogP contribution in [-0.4, -0.2) is 85.1 Å². The van der Waals surface area contributed by atoms with Crippen molar-refractivity contribution in [2.24, 2.45) is 11.3 Å². The van der Waals surface area contributed by atoms with Gasteiger partial charge in [-0.3, -0.25) is 14.5 Å². The molecule has 8 heteroatoms. The number of fused-ring (bicyclic) bond motifs is 1. The maximum Gasteiger partial charge on any atom is 0.308 e. The van der Waals surface area contributed by atoms with E-state index >= 15 is 0 Å². The highest BCUT2D eigenvalue weighted by molar-refractivity contribution is 5.79. The second-order valence-electron chi connectivity index (χ2n) is 11.8. The zero-order valence-electron chi connectivity index (χ0n) is 23.6. The van der Waals surface area contributed by atoms with E-state index in [0.717, 1.165) is 62.1 Å². The van der Waals surface area contributed by atoms with Crippen LogP contribution in [0.25, 0.3) is 0 Å². The normalized spacial score (nSPS) is 23.9. The SMILES string of the molecule is CCCCN(CCCC)C(=O)CN1C[C@H](c2ccc3c(c2)CCO3)[C@@H](C(=O)O)[C@@H]1CC(C)(C)C1OCCO1. The van der Waals surface area contributed by atoms with Crippen LogP contribution < -0.4 is 4.74 Å². The van der Waals surface area contributed by atoms with Crippen molar-refractivity contribution in [3.05, 3.63) is 29.3 Å². The Balaban J connectivity index is 1.62. The molecule has 212 valence electrons. The van der Waals surface area contributed by atoms with Crippen LogP contribution in [0.2, 0.25) is 0 Å². The maximum absolute atomic E-state index is 13.6. The van der Waals surface area contributed by atoms with Crippen LogP contribution in [0.1, 0.15) is 76.8 Å². The molecule has 0 spiro atoms. The van der Waals surface area contributed by atoms with Crippen LogP contribution in [-0.2, 0) is 25.5 Å². The van der Waals surface area contributed by atoms with E-state index in [-0.39, 0.29) is 30.7 Å². The molecule has 3 aliphatic heterocycles.